The molecule has 2 aromatic rings. The number of ether oxygens (including phenoxy) is 4. The molecular weight excluding hydrogens is 426 g/mol. The van der Waals surface area contributed by atoms with Crippen LogP contribution in [0.25, 0.3) is 0 Å². The van der Waals surface area contributed by atoms with Gasteiger partial charge in [0.2, 0.25) is 0 Å². The molecule has 176 valence electrons. The molecule has 0 aliphatic carbocycles. The van der Waals surface area contributed by atoms with E-state index in [0.717, 1.165) is 30.2 Å². The van der Waals surface area contributed by atoms with Crippen LogP contribution in [0, 0.1) is 10.1 Å². The molecule has 4 rings (SSSR count). The van der Waals surface area contributed by atoms with Crippen molar-refractivity contribution in [3.8, 4) is 23.0 Å². The fourth-order valence-electron chi connectivity index (χ4n) is 4.62. The molecule has 33 heavy (non-hydrogen) atoms. The minimum absolute atomic E-state index is 0.371. The molecule has 9 heteroatoms. The van der Waals surface area contributed by atoms with Crippen molar-refractivity contribution in [2.45, 2.75) is 25.9 Å². The third kappa shape index (κ3) is 4.48. The number of nitrogens with zero attached hydrogens (tertiary/aromatic N) is 3. The van der Waals surface area contributed by atoms with Gasteiger partial charge in [-0.1, -0.05) is 0 Å². The summed E-state index contributed by atoms with van der Waals surface area (Å²) < 4.78 is 21.8. The third-order valence-electron chi connectivity index (χ3n) is 6.30. The second kappa shape index (κ2) is 9.48. The molecule has 2 heterocycles. The first-order chi connectivity index (χ1) is 16.0. The highest BCUT2D eigenvalue weighted by molar-refractivity contribution is 5.49. The van der Waals surface area contributed by atoms with Crippen molar-refractivity contribution in [2.24, 2.45) is 0 Å². The van der Waals surface area contributed by atoms with Gasteiger partial charge in [0, 0.05) is 26.2 Å². The second-order valence-corrected chi connectivity index (χ2v) is 8.07. The van der Waals surface area contributed by atoms with Crippen LogP contribution in [0.2, 0.25) is 0 Å². The van der Waals surface area contributed by atoms with Gasteiger partial charge in [-0.05, 0) is 59.4 Å². The number of nitro groups is 1. The van der Waals surface area contributed by atoms with Crippen molar-refractivity contribution in [1.82, 2.24) is 9.80 Å². The van der Waals surface area contributed by atoms with E-state index in [0.29, 0.717) is 55.0 Å². The van der Waals surface area contributed by atoms with Crippen LogP contribution in [-0.4, -0.2) is 56.3 Å². The van der Waals surface area contributed by atoms with Gasteiger partial charge in [-0.3, -0.25) is 10.1 Å². The van der Waals surface area contributed by atoms with Crippen molar-refractivity contribution >= 4 is 0 Å². The van der Waals surface area contributed by atoms with E-state index in [1.807, 2.05) is 24.3 Å². The number of benzene rings is 2. The Hall–Kier alpha value is -3.62. The summed E-state index contributed by atoms with van der Waals surface area (Å²) in [5, 5.41) is 11.6. The zero-order chi connectivity index (χ0) is 23.5. The van der Waals surface area contributed by atoms with Gasteiger partial charge >= 0.3 is 0 Å². The quantitative estimate of drug-likeness (QED) is 0.465. The fourth-order valence-corrected chi connectivity index (χ4v) is 4.62. The lowest BCUT2D eigenvalue weighted by molar-refractivity contribution is -0.405. The molecule has 9 nitrogen and oxygen atoms in total. The normalized spacial score (nSPS) is 14.7. The van der Waals surface area contributed by atoms with Crippen LogP contribution < -0.4 is 18.9 Å². The van der Waals surface area contributed by atoms with Crippen molar-refractivity contribution in [1.29, 1.82) is 0 Å². The molecule has 0 spiro atoms. The van der Waals surface area contributed by atoms with E-state index in [2.05, 4.69) is 9.80 Å². The Morgan fingerprint density at radius 3 is 1.45 bits per heavy atom. The van der Waals surface area contributed by atoms with Crippen LogP contribution in [0.5, 0.6) is 23.0 Å². The smallest absolute Gasteiger partial charge is 0.274 e. The lowest BCUT2D eigenvalue weighted by Gasteiger charge is -2.39. The highest BCUT2D eigenvalue weighted by atomic mass is 16.6. The Kier molecular flexibility index (Phi) is 6.48. The highest BCUT2D eigenvalue weighted by Crippen LogP contribution is 2.37. The van der Waals surface area contributed by atoms with Crippen LogP contribution >= 0.6 is 0 Å². The monoisotopic (exact) mass is 455 g/mol. The third-order valence-corrected chi connectivity index (χ3v) is 6.30. The van der Waals surface area contributed by atoms with E-state index in [1.165, 1.54) is 11.1 Å². The summed E-state index contributed by atoms with van der Waals surface area (Å²) in [5.74, 6) is 3.32. The molecule has 0 N–H and O–H groups in total. The number of rotatable bonds is 7. The molecule has 0 amide bonds. The average Bonchev–Trinajstić information content (AvgIpc) is 2.84. The van der Waals surface area contributed by atoms with Crippen LogP contribution in [0.15, 0.2) is 36.3 Å². The summed E-state index contributed by atoms with van der Waals surface area (Å²) in [7, 11) is 6.46. The molecule has 0 saturated heterocycles. The summed E-state index contributed by atoms with van der Waals surface area (Å²) in [6.45, 7) is 2.48. The Balaban J connectivity index is 1.62. The van der Waals surface area contributed by atoms with Crippen molar-refractivity contribution < 1.29 is 23.9 Å². The number of fused-ring (bicyclic) bond motifs is 2. The second-order valence-electron chi connectivity index (χ2n) is 8.07. The Morgan fingerprint density at radius 1 is 0.758 bits per heavy atom. The summed E-state index contributed by atoms with van der Waals surface area (Å²) in [5.41, 5.74) is 4.50. The van der Waals surface area contributed by atoms with E-state index in [4.69, 9.17) is 18.9 Å². The van der Waals surface area contributed by atoms with Gasteiger partial charge in [-0.2, -0.15) is 0 Å². The lowest BCUT2D eigenvalue weighted by atomic mass is 9.97. The Morgan fingerprint density at radius 2 is 1.12 bits per heavy atom. The number of hydrogen-bond donors (Lipinski definition) is 0. The van der Waals surface area contributed by atoms with Gasteiger partial charge < -0.3 is 28.7 Å². The van der Waals surface area contributed by atoms with Crippen LogP contribution in [0.4, 0.5) is 0 Å². The topological polar surface area (TPSA) is 86.5 Å². The SMILES string of the molecule is COc1cc2c(cc1OC)CN(C(=C[N+](=O)[O-])N1CCc3cc(OC)c(OC)cc3C1)CC2. The molecule has 2 aliphatic rings. The molecule has 2 aromatic carbocycles. The minimum Gasteiger partial charge on any atom is -0.493 e. The highest BCUT2D eigenvalue weighted by Gasteiger charge is 2.29. The first kappa shape index (κ1) is 22.6. The maximum atomic E-state index is 11.6. The maximum absolute atomic E-state index is 11.6. The molecule has 0 aromatic heterocycles. The molecular formula is C24H29N3O6. The van der Waals surface area contributed by atoms with E-state index in [1.54, 1.807) is 28.4 Å². The van der Waals surface area contributed by atoms with Crippen LogP contribution in [0.1, 0.15) is 22.3 Å². The largest absolute Gasteiger partial charge is 0.493 e. The first-order valence-electron chi connectivity index (χ1n) is 10.8. The predicted molar refractivity (Wildman–Crippen MR) is 122 cm³/mol. The van der Waals surface area contributed by atoms with Gasteiger partial charge in [-0.15, -0.1) is 0 Å². The minimum atomic E-state index is -0.371. The van der Waals surface area contributed by atoms with E-state index < -0.39 is 0 Å². The number of hydrogen-bond acceptors (Lipinski definition) is 8. The van der Waals surface area contributed by atoms with Gasteiger partial charge in [0.05, 0.1) is 33.4 Å². The standard InChI is InChI=1S/C24H29N3O6/c1-30-20-9-16-5-7-25(13-18(16)11-22(20)32-3)24(15-27(28)29)26-8-6-17-10-21(31-2)23(33-4)12-19(17)14-26/h9-12,15H,5-8,13-14H2,1-4H3. The van der Waals surface area contributed by atoms with E-state index in [-0.39, 0.29) is 4.92 Å². The zero-order valence-electron chi connectivity index (χ0n) is 19.4. The maximum Gasteiger partial charge on any atom is 0.274 e. The first-order valence-corrected chi connectivity index (χ1v) is 10.8. The molecule has 0 saturated carbocycles. The molecule has 2 aliphatic heterocycles. The summed E-state index contributed by atoms with van der Waals surface area (Å²) in [6, 6.07) is 7.93. The molecule has 0 radical (unpaired) electrons. The molecule has 0 bridgehead atoms. The predicted octanol–water partition coefficient (Wildman–Crippen LogP) is 3.21. The van der Waals surface area contributed by atoms with Gasteiger partial charge in [0.1, 0.15) is 0 Å². The van der Waals surface area contributed by atoms with Crippen molar-refractivity contribution in [2.75, 3.05) is 41.5 Å². The number of methoxy groups -OCH3 is 4. The Labute approximate surface area is 193 Å². The fraction of sp³-hybridized carbons (Fsp3) is 0.417. The summed E-state index contributed by atoms with van der Waals surface area (Å²) in [4.78, 5) is 15.3. The van der Waals surface area contributed by atoms with Crippen molar-refractivity contribution in [3.05, 3.63) is 68.7 Å². The molecule has 0 fully saturated rings. The average molecular weight is 456 g/mol. The van der Waals surface area contributed by atoms with Gasteiger partial charge in [0.15, 0.2) is 28.8 Å². The molecule has 0 unspecified atom stereocenters. The Bertz CT molecular complexity index is 1010. The van der Waals surface area contributed by atoms with E-state index in [9.17, 15) is 10.1 Å². The zero-order valence-corrected chi connectivity index (χ0v) is 19.4. The summed E-state index contributed by atoms with van der Waals surface area (Å²) >= 11 is 0. The van der Waals surface area contributed by atoms with E-state index >= 15 is 0 Å². The summed E-state index contributed by atoms with van der Waals surface area (Å²) in [6.07, 6.45) is 2.65. The van der Waals surface area contributed by atoms with Gasteiger partial charge in [-0.25, -0.2) is 0 Å². The van der Waals surface area contributed by atoms with Crippen LogP contribution in [0.3, 0.4) is 0 Å². The van der Waals surface area contributed by atoms with Crippen molar-refractivity contribution in [3.63, 3.8) is 0 Å². The molecule has 0 atom stereocenters. The van der Waals surface area contributed by atoms with Gasteiger partial charge in [0.25, 0.3) is 6.20 Å². The van der Waals surface area contributed by atoms with Crippen LogP contribution in [-0.2, 0) is 25.9 Å². The lowest BCUT2D eigenvalue weighted by Crippen LogP contribution is -2.41.